The quantitative estimate of drug-likeness (QED) is 0.265. The van der Waals surface area contributed by atoms with Gasteiger partial charge in [-0.15, -0.1) is 0 Å². The molecule has 0 atom stereocenters. The minimum absolute atomic E-state index is 0.0165. The number of rotatable bonds is 5. The Kier molecular flexibility index (Phi) is 5.33. The van der Waals surface area contributed by atoms with Gasteiger partial charge < -0.3 is 4.57 Å². The number of hydrogen-bond acceptors (Lipinski definition) is 2. The summed E-state index contributed by atoms with van der Waals surface area (Å²) >= 11 is 0. The second-order valence-electron chi connectivity index (χ2n) is 7.08. The number of benzene rings is 3. The number of nitro groups is 1. The Morgan fingerprint density at radius 2 is 1.61 bits per heavy atom. The maximum atomic E-state index is 14.1. The smallest absolute Gasteiger partial charge is 0.342 e. The van der Waals surface area contributed by atoms with Crippen LogP contribution in [-0.2, 0) is 6.54 Å². The van der Waals surface area contributed by atoms with Crippen molar-refractivity contribution >= 4 is 28.2 Å². The molecule has 31 heavy (non-hydrogen) atoms. The molecular formula is C24H17F3N2O2. The minimum Gasteiger partial charge on any atom is -0.342 e. The summed E-state index contributed by atoms with van der Waals surface area (Å²) in [5.41, 5.74) is 0.670. The predicted molar refractivity (Wildman–Crippen MR) is 115 cm³/mol. The Bertz CT molecular complexity index is 1260. The Morgan fingerprint density at radius 1 is 0.968 bits per heavy atom. The first kappa shape index (κ1) is 20.4. The molecule has 4 nitrogen and oxygen atoms in total. The lowest BCUT2D eigenvalue weighted by Gasteiger charge is -2.11. The number of allylic oxidation sites excluding steroid dienone is 1. The third kappa shape index (κ3) is 4.35. The number of nitrogens with zero attached hydrogens (tertiary/aromatic N) is 2. The number of alkyl halides is 3. The molecule has 156 valence electrons. The van der Waals surface area contributed by atoms with Gasteiger partial charge in [-0.05, 0) is 23.3 Å². The summed E-state index contributed by atoms with van der Waals surface area (Å²) in [7, 11) is 0. The molecule has 1 heterocycles. The molecule has 4 rings (SSSR count). The van der Waals surface area contributed by atoms with E-state index in [1.54, 1.807) is 34.9 Å². The van der Waals surface area contributed by atoms with Crippen LogP contribution < -0.4 is 0 Å². The highest BCUT2D eigenvalue weighted by Gasteiger charge is 2.36. The minimum atomic E-state index is -4.61. The summed E-state index contributed by atoms with van der Waals surface area (Å²) in [5, 5.41) is 11.6. The second-order valence-corrected chi connectivity index (χ2v) is 7.08. The number of fused-ring (bicyclic) bond motifs is 1. The summed E-state index contributed by atoms with van der Waals surface area (Å²) in [6, 6.07) is 21.4. The average Bonchev–Trinajstić information content (AvgIpc) is 3.10. The standard InChI is InChI=1S/C24H17F3N2O2/c25-24(26,27)22(13-17-7-3-1-4-8-17)21-16-28(15-18-9-5-2-6-10-18)23-14-19(29(30)31)11-12-20(21)23/h1-14,16H,15H2/b22-13-. The van der Waals surface area contributed by atoms with Crippen LogP contribution in [-0.4, -0.2) is 15.7 Å². The fourth-order valence-electron chi connectivity index (χ4n) is 3.55. The van der Waals surface area contributed by atoms with Crippen molar-refractivity contribution in [2.75, 3.05) is 0 Å². The van der Waals surface area contributed by atoms with E-state index in [1.165, 1.54) is 24.4 Å². The summed E-state index contributed by atoms with van der Waals surface area (Å²) in [6.07, 6.45) is -2.09. The highest BCUT2D eigenvalue weighted by Crippen LogP contribution is 2.40. The molecule has 1 aromatic heterocycles. The van der Waals surface area contributed by atoms with Crippen LogP contribution in [0.3, 0.4) is 0 Å². The molecule has 0 aliphatic heterocycles. The van der Waals surface area contributed by atoms with Gasteiger partial charge in [-0.2, -0.15) is 13.2 Å². The van der Waals surface area contributed by atoms with Gasteiger partial charge in [0.05, 0.1) is 16.0 Å². The van der Waals surface area contributed by atoms with Crippen LogP contribution in [0.5, 0.6) is 0 Å². The van der Waals surface area contributed by atoms with Crippen molar-refractivity contribution in [1.82, 2.24) is 4.57 Å². The number of hydrogen-bond donors (Lipinski definition) is 0. The molecule has 0 aliphatic carbocycles. The van der Waals surface area contributed by atoms with Crippen molar-refractivity contribution in [3.05, 3.63) is 112 Å². The van der Waals surface area contributed by atoms with Gasteiger partial charge in [0, 0.05) is 35.8 Å². The van der Waals surface area contributed by atoms with Crippen LogP contribution in [0.15, 0.2) is 85.1 Å². The van der Waals surface area contributed by atoms with Crippen LogP contribution in [0.4, 0.5) is 18.9 Å². The van der Waals surface area contributed by atoms with E-state index in [9.17, 15) is 23.3 Å². The lowest BCUT2D eigenvalue weighted by atomic mass is 10.0. The molecular weight excluding hydrogens is 405 g/mol. The molecule has 0 N–H and O–H groups in total. The van der Waals surface area contributed by atoms with E-state index in [0.717, 1.165) is 11.6 Å². The van der Waals surface area contributed by atoms with Gasteiger partial charge in [-0.25, -0.2) is 0 Å². The predicted octanol–water partition coefficient (Wildman–Crippen LogP) is 6.70. The molecule has 0 bridgehead atoms. The average molecular weight is 422 g/mol. The van der Waals surface area contributed by atoms with Crippen LogP contribution in [0.1, 0.15) is 16.7 Å². The van der Waals surface area contributed by atoms with E-state index in [2.05, 4.69) is 0 Å². The Morgan fingerprint density at radius 3 is 2.23 bits per heavy atom. The fourth-order valence-corrected chi connectivity index (χ4v) is 3.55. The SMILES string of the molecule is O=[N+]([O-])c1ccc2c(/C(=C/c3ccccc3)C(F)(F)F)cn(Cc3ccccc3)c2c1. The van der Waals surface area contributed by atoms with Crippen molar-refractivity contribution < 1.29 is 18.1 Å². The van der Waals surface area contributed by atoms with Gasteiger partial charge in [0.2, 0.25) is 0 Å². The summed E-state index contributed by atoms with van der Waals surface area (Å²) in [6.45, 7) is 0.287. The van der Waals surface area contributed by atoms with Gasteiger partial charge in [0.15, 0.2) is 0 Å². The van der Waals surface area contributed by atoms with E-state index in [1.807, 2.05) is 30.3 Å². The van der Waals surface area contributed by atoms with Crippen molar-refractivity contribution in [3.63, 3.8) is 0 Å². The molecule has 0 amide bonds. The maximum Gasteiger partial charge on any atom is 0.417 e. The van der Waals surface area contributed by atoms with E-state index < -0.39 is 16.7 Å². The lowest BCUT2D eigenvalue weighted by Crippen LogP contribution is -2.10. The van der Waals surface area contributed by atoms with Crippen LogP contribution in [0, 0.1) is 10.1 Å². The topological polar surface area (TPSA) is 48.1 Å². The normalized spacial score (nSPS) is 12.3. The zero-order valence-electron chi connectivity index (χ0n) is 16.2. The number of aromatic nitrogens is 1. The molecule has 0 saturated heterocycles. The fraction of sp³-hybridized carbons (Fsp3) is 0.0833. The molecule has 3 aromatic carbocycles. The van der Waals surface area contributed by atoms with E-state index >= 15 is 0 Å². The van der Waals surface area contributed by atoms with Gasteiger partial charge in [0.25, 0.3) is 5.69 Å². The van der Waals surface area contributed by atoms with Crippen molar-refractivity contribution in [1.29, 1.82) is 0 Å². The molecule has 0 aliphatic rings. The molecule has 0 fully saturated rings. The van der Waals surface area contributed by atoms with E-state index in [4.69, 9.17) is 0 Å². The van der Waals surface area contributed by atoms with E-state index in [0.29, 0.717) is 16.5 Å². The van der Waals surface area contributed by atoms with Crippen LogP contribution >= 0.6 is 0 Å². The summed E-state index contributed by atoms with van der Waals surface area (Å²) < 4.78 is 43.9. The number of non-ortho nitro benzene ring substituents is 1. The third-order valence-corrected chi connectivity index (χ3v) is 4.98. The molecule has 0 spiro atoms. The Labute approximate surface area is 176 Å². The van der Waals surface area contributed by atoms with Crippen molar-refractivity contribution in [2.45, 2.75) is 12.7 Å². The molecule has 4 aromatic rings. The number of nitro benzene ring substituents is 1. The first-order valence-corrected chi connectivity index (χ1v) is 9.48. The van der Waals surface area contributed by atoms with Gasteiger partial charge in [-0.1, -0.05) is 60.7 Å². The van der Waals surface area contributed by atoms with E-state index in [-0.39, 0.29) is 17.8 Å². The zero-order chi connectivity index (χ0) is 22.0. The van der Waals surface area contributed by atoms with Gasteiger partial charge in [-0.3, -0.25) is 10.1 Å². The summed E-state index contributed by atoms with van der Waals surface area (Å²) in [4.78, 5) is 10.7. The first-order valence-electron chi connectivity index (χ1n) is 9.48. The highest BCUT2D eigenvalue weighted by atomic mass is 19.4. The van der Waals surface area contributed by atoms with Crippen LogP contribution in [0.25, 0.3) is 22.6 Å². The number of halogens is 3. The van der Waals surface area contributed by atoms with Crippen molar-refractivity contribution in [2.24, 2.45) is 0 Å². The lowest BCUT2D eigenvalue weighted by molar-refractivity contribution is -0.384. The summed E-state index contributed by atoms with van der Waals surface area (Å²) in [5.74, 6) is 0. The second kappa shape index (κ2) is 8.10. The highest BCUT2D eigenvalue weighted by molar-refractivity contribution is 5.99. The molecule has 0 saturated carbocycles. The van der Waals surface area contributed by atoms with Gasteiger partial charge in [0.1, 0.15) is 0 Å². The van der Waals surface area contributed by atoms with Gasteiger partial charge >= 0.3 is 6.18 Å². The first-order chi connectivity index (χ1) is 14.8. The maximum absolute atomic E-state index is 14.1. The third-order valence-electron chi connectivity index (χ3n) is 4.98. The largest absolute Gasteiger partial charge is 0.417 e. The zero-order valence-corrected chi connectivity index (χ0v) is 16.2. The van der Waals surface area contributed by atoms with Crippen molar-refractivity contribution in [3.8, 4) is 0 Å². The monoisotopic (exact) mass is 422 g/mol. The molecule has 0 unspecified atom stereocenters. The molecule has 7 heteroatoms. The Hall–Kier alpha value is -3.87. The van der Waals surface area contributed by atoms with Crippen LogP contribution in [0.2, 0.25) is 0 Å². The molecule has 0 radical (unpaired) electrons. The Balaban J connectivity index is 1.94.